The van der Waals surface area contributed by atoms with Gasteiger partial charge in [-0.05, 0) is 49.2 Å². The Morgan fingerprint density at radius 2 is 1.62 bits per heavy atom. The number of aromatic nitrogens is 1. The molecule has 0 atom stereocenters. The van der Waals surface area contributed by atoms with E-state index in [1.807, 2.05) is 4.90 Å². The molecule has 4 rings (SSSR count). The van der Waals surface area contributed by atoms with Gasteiger partial charge in [0.05, 0.1) is 10.5 Å². The van der Waals surface area contributed by atoms with Crippen LogP contribution in [0, 0.1) is 5.82 Å². The summed E-state index contributed by atoms with van der Waals surface area (Å²) in [4.78, 5) is 6.30. The molecule has 2 aromatic carbocycles. The fraction of sp³-hybridized carbons (Fsp3) is 0.286. The zero-order chi connectivity index (χ0) is 20.4. The van der Waals surface area contributed by atoms with Gasteiger partial charge in [0.1, 0.15) is 5.82 Å². The van der Waals surface area contributed by atoms with E-state index >= 15 is 0 Å². The number of halogens is 2. The van der Waals surface area contributed by atoms with Crippen LogP contribution in [0.2, 0.25) is 0 Å². The Morgan fingerprint density at radius 1 is 0.966 bits per heavy atom. The fourth-order valence-corrected chi connectivity index (χ4v) is 5.01. The van der Waals surface area contributed by atoms with Gasteiger partial charge in [0.15, 0.2) is 0 Å². The van der Waals surface area contributed by atoms with Gasteiger partial charge in [-0.25, -0.2) is 12.8 Å². The normalized spacial score (nSPS) is 15.3. The number of oxazole rings is 1. The molecule has 0 aliphatic carbocycles. The van der Waals surface area contributed by atoms with E-state index in [1.165, 1.54) is 24.3 Å². The van der Waals surface area contributed by atoms with Gasteiger partial charge < -0.3 is 9.32 Å². The molecule has 29 heavy (non-hydrogen) atoms. The minimum Gasteiger partial charge on any atom is -0.419 e. The Balaban J connectivity index is 1.86. The molecule has 0 spiro atoms. The molecule has 0 unspecified atom stereocenters. The lowest BCUT2D eigenvalue weighted by Gasteiger charge is -2.20. The van der Waals surface area contributed by atoms with Crippen LogP contribution >= 0.6 is 15.9 Å². The second-order valence-corrected chi connectivity index (χ2v) is 9.75. The SMILES string of the molecule is O=S(=O)(c1ccc(Br)cc1)c1nc(-c2ccccc2F)oc1N1CCCCCC1. The molecule has 1 fully saturated rings. The molecule has 152 valence electrons. The summed E-state index contributed by atoms with van der Waals surface area (Å²) >= 11 is 3.32. The first kappa shape index (κ1) is 20.1. The Bertz CT molecular complexity index is 1110. The van der Waals surface area contributed by atoms with Crippen LogP contribution < -0.4 is 4.90 Å². The molecule has 8 heteroatoms. The van der Waals surface area contributed by atoms with Crippen molar-refractivity contribution < 1.29 is 17.2 Å². The average Bonchev–Trinajstić information content (AvgIpc) is 2.98. The maximum atomic E-state index is 14.3. The molecular formula is C21H20BrFN2O3S. The van der Waals surface area contributed by atoms with Crippen LogP contribution in [0.1, 0.15) is 25.7 Å². The van der Waals surface area contributed by atoms with Crippen LogP contribution in [0.3, 0.4) is 0 Å². The van der Waals surface area contributed by atoms with Crippen molar-refractivity contribution in [1.82, 2.24) is 4.98 Å². The van der Waals surface area contributed by atoms with Crippen LogP contribution in [0.25, 0.3) is 11.5 Å². The van der Waals surface area contributed by atoms with Gasteiger partial charge in [-0.1, -0.05) is 40.9 Å². The highest BCUT2D eigenvalue weighted by Crippen LogP contribution is 2.36. The Kier molecular flexibility index (Phi) is 5.74. The van der Waals surface area contributed by atoms with Gasteiger partial charge in [-0.2, -0.15) is 4.98 Å². The molecule has 1 aliphatic rings. The lowest BCUT2D eigenvalue weighted by molar-refractivity contribution is 0.537. The lowest BCUT2D eigenvalue weighted by Crippen LogP contribution is -2.25. The highest BCUT2D eigenvalue weighted by molar-refractivity contribution is 9.10. The number of anilines is 1. The summed E-state index contributed by atoms with van der Waals surface area (Å²) in [6.45, 7) is 1.35. The van der Waals surface area contributed by atoms with Crippen LogP contribution in [0.5, 0.6) is 0 Å². The van der Waals surface area contributed by atoms with Crippen molar-refractivity contribution in [3.05, 3.63) is 58.8 Å². The molecule has 1 saturated heterocycles. The second kappa shape index (κ2) is 8.28. The number of hydrogen-bond donors (Lipinski definition) is 0. The smallest absolute Gasteiger partial charge is 0.236 e. The molecule has 1 aliphatic heterocycles. The van der Waals surface area contributed by atoms with Crippen molar-refractivity contribution in [3.8, 4) is 11.5 Å². The first-order chi connectivity index (χ1) is 14.0. The molecular weight excluding hydrogens is 459 g/mol. The van der Waals surface area contributed by atoms with Gasteiger partial charge in [0, 0.05) is 17.6 Å². The van der Waals surface area contributed by atoms with Crippen molar-refractivity contribution in [1.29, 1.82) is 0 Å². The van der Waals surface area contributed by atoms with Crippen molar-refractivity contribution in [2.45, 2.75) is 35.6 Å². The predicted octanol–water partition coefficient (Wildman–Crippen LogP) is 5.46. The maximum Gasteiger partial charge on any atom is 0.236 e. The minimum absolute atomic E-state index is 0.0296. The van der Waals surface area contributed by atoms with Gasteiger partial charge in [0.2, 0.25) is 26.6 Å². The summed E-state index contributed by atoms with van der Waals surface area (Å²) in [7, 11) is -3.94. The Morgan fingerprint density at radius 3 is 2.28 bits per heavy atom. The highest BCUT2D eigenvalue weighted by atomic mass is 79.9. The van der Waals surface area contributed by atoms with E-state index in [2.05, 4.69) is 20.9 Å². The van der Waals surface area contributed by atoms with E-state index in [0.29, 0.717) is 13.1 Å². The van der Waals surface area contributed by atoms with Gasteiger partial charge >= 0.3 is 0 Å². The summed E-state index contributed by atoms with van der Waals surface area (Å²) in [5.74, 6) is -0.352. The van der Waals surface area contributed by atoms with Gasteiger partial charge in [-0.15, -0.1) is 0 Å². The molecule has 1 aromatic heterocycles. The number of rotatable bonds is 4. The molecule has 0 radical (unpaired) electrons. The first-order valence-electron chi connectivity index (χ1n) is 9.48. The standard InChI is InChI=1S/C21H20BrFN2O3S/c22-15-9-11-16(12-10-15)29(26,27)20-21(25-13-5-1-2-6-14-25)28-19(24-20)17-7-3-4-8-18(17)23/h3-4,7-12H,1-2,5-6,13-14H2. The van der Waals surface area contributed by atoms with Crippen LogP contribution in [-0.2, 0) is 9.84 Å². The van der Waals surface area contributed by atoms with E-state index < -0.39 is 15.7 Å². The minimum atomic E-state index is -3.94. The largest absolute Gasteiger partial charge is 0.419 e. The summed E-state index contributed by atoms with van der Waals surface area (Å²) in [6.07, 6.45) is 4.04. The molecule has 0 amide bonds. The third-order valence-electron chi connectivity index (χ3n) is 4.96. The van der Waals surface area contributed by atoms with Crippen molar-refractivity contribution >= 4 is 31.7 Å². The van der Waals surface area contributed by atoms with E-state index in [-0.39, 0.29) is 27.3 Å². The topological polar surface area (TPSA) is 63.4 Å². The van der Waals surface area contributed by atoms with Crippen LogP contribution in [0.15, 0.2) is 67.3 Å². The number of nitrogens with zero attached hydrogens (tertiary/aromatic N) is 2. The fourth-order valence-electron chi connectivity index (χ4n) is 3.42. The number of sulfone groups is 1. The van der Waals surface area contributed by atoms with E-state index in [9.17, 15) is 12.8 Å². The third kappa shape index (κ3) is 4.09. The number of benzene rings is 2. The molecule has 2 heterocycles. The van der Waals surface area contributed by atoms with Crippen molar-refractivity contribution in [2.75, 3.05) is 18.0 Å². The predicted molar refractivity (Wildman–Crippen MR) is 112 cm³/mol. The van der Waals surface area contributed by atoms with E-state index in [4.69, 9.17) is 4.42 Å². The molecule has 0 saturated carbocycles. The summed E-state index contributed by atoms with van der Waals surface area (Å²) in [5.41, 5.74) is 0.140. The Labute approximate surface area is 177 Å². The van der Waals surface area contributed by atoms with Gasteiger partial charge in [0.25, 0.3) is 0 Å². The molecule has 5 nitrogen and oxygen atoms in total. The molecule has 3 aromatic rings. The van der Waals surface area contributed by atoms with E-state index in [0.717, 1.165) is 30.2 Å². The first-order valence-corrected chi connectivity index (χ1v) is 11.8. The Hall–Kier alpha value is -2.19. The average molecular weight is 479 g/mol. The third-order valence-corrected chi connectivity index (χ3v) is 7.15. The van der Waals surface area contributed by atoms with Crippen LogP contribution in [0.4, 0.5) is 10.3 Å². The zero-order valence-corrected chi connectivity index (χ0v) is 18.0. The monoisotopic (exact) mass is 478 g/mol. The van der Waals surface area contributed by atoms with Crippen molar-refractivity contribution in [3.63, 3.8) is 0 Å². The lowest BCUT2D eigenvalue weighted by atomic mass is 10.2. The summed E-state index contributed by atoms with van der Waals surface area (Å²) < 4.78 is 47.7. The van der Waals surface area contributed by atoms with Gasteiger partial charge in [-0.3, -0.25) is 0 Å². The molecule has 0 bridgehead atoms. The second-order valence-electron chi connectivity index (χ2n) is 6.97. The quantitative estimate of drug-likeness (QED) is 0.498. The maximum absolute atomic E-state index is 14.3. The van der Waals surface area contributed by atoms with E-state index in [1.54, 1.807) is 24.3 Å². The van der Waals surface area contributed by atoms with Crippen molar-refractivity contribution in [2.24, 2.45) is 0 Å². The number of hydrogen-bond acceptors (Lipinski definition) is 5. The van der Waals surface area contributed by atoms with Crippen LogP contribution in [-0.4, -0.2) is 26.5 Å². The zero-order valence-electron chi connectivity index (χ0n) is 15.6. The highest BCUT2D eigenvalue weighted by Gasteiger charge is 2.32. The molecule has 0 N–H and O–H groups in total. The summed E-state index contributed by atoms with van der Waals surface area (Å²) in [5, 5.41) is -0.167. The summed E-state index contributed by atoms with van der Waals surface area (Å²) in [6, 6.07) is 12.4.